The Hall–Kier alpha value is -2.18. The van der Waals surface area contributed by atoms with Crippen molar-refractivity contribution in [3.63, 3.8) is 0 Å². The molecule has 1 fully saturated rings. The van der Waals surface area contributed by atoms with Crippen LogP contribution in [0.25, 0.3) is 0 Å². The van der Waals surface area contributed by atoms with E-state index in [9.17, 15) is 13.2 Å². The van der Waals surface area contributed by atoms with Gasteiger partial charge in [-0.1, -0.05) is 55.3 Å². The SMILES string of the molecule is CCN(CC)S(=O)(=O)c1ccc(C(C)NC(=O)C2(c3cc(C)cc(C)c3)CC2)cc1. The van der Waals surface area contributed by atoms with E-state index in [0.29, 0.717) is 13.1 Å². The Labute approximate surface area is 180 Å². The molecule has 0 aliphatic heterocycles. The molecule has 1 aliphatic rings. The van der Waals surface area contributed by atoms with Gasteiger partial charge in [0.05, 0.1) is 16.4 Å². The number of hydrogen-bond acceptors (Lipinski definition) is 3. The Morgan fingerprint density at radius 3 is 2.03 bits per heavy atom. The second kappa shape index (κ2) is 8.52. The minimum absolute atomic E-state index is 0.0415. The van der Waals surface area contributed by atoms with Crippen LogP contribution in [0.5, 0.6) is 0 Å². The number of benzene rings is 2. The van der Waals surface area contributed by atoms with Gasteiger partial charge in [-0.3, -0.25) is 4.79 Å². The van der Waals surface area contributed by atoms with E-state index in [-0.39, 0.29) is 16.8 Å². The average molecular weight is 429 g/mol. The molecular weight excluding hydrogens is 396 g/mol. The van der Waals surface area contributed by atoms with Gasteiger partial charge in [-0.15, -0.1) is 0 Å². The van der Waals surface area contributed by atoms with Crippen LogP contribution in [0, 0.1) is 13.8 Å². The number of nitrogens with one attached hydrogen (secondary N) is 1. The first-order chi connectivity index (χ1) is 14.1. The molecule has 0 aromatic heterocycles. The van der Waals surface area contributed by atoms with Gasteiger partial charge in [-0.2, -0.15) is 4.31 Å². The fourth-order valence-electron chi connectivity index (χ4n) is 4.08. The molecule has 3 rings (SSSR count). The predicted molar refractivity (Wildman–Crippen MR) is 120 cm³/mol. The van der Waals surface area contributed by atoms with Crippen molar-refractivity contribution in [3.05, 3.63) is 64.7 Å². The van der Waals surface area contributed by atoms with Crippen molar-refractivity contribution in [3.8, 4) is 0 Å². The van der Waals surface area contributed by atoms with Gasteiger partial charge in [0.1, 0.15) is 0 Å². The number of hydrogen-bond donors (Lipinski definition) is 1. The van der Waals surface area contributed by atoms with Gasteiger partial charge < -0.3 is 5.32 Å². The van der Waals surface area contributed by atoms with Gasteiger partial charge in [0.15, 0.2) is 0 Å². The molecule has 0 radical (unpaired) electrons. The van der Waals surface area contributed by atoms with E-state index < -0.39 is 15.4 Å². The Kier molecular flexibility index (Phi) is 6.39. The molecule has 1 saturated carbocycles. The first kappa shape index (κ1) is 22.5. The van der Waals surface area contributed by atoms with Gasteiger partial charge in [-0.05, 0) is 56.9 Å². The quantitative estimate of drug-likeness (QED) is 0.684. The maximum absolute atomic E-state index is 13.1. The van der Waals surface area contributed by atoms with E-state index in [1.165, 1.54) is 15.4 Å². The standard InChI is InChI=1S/C24H32N2O3S/c1-6-26(7-2)30(28,29)22-10-8-20(9-11-22)19(5)25-23(27)24(12-13-24)21-15-17(3)14-18(4)16-21/h8-11,14-16,19H,6-7,12-13H2,1-5H3,(H,25,27). The van der Waals surface area contributed by atoms with Crippen molar-refractivity contribution in [1.82, 2.24) is 9.62 Å². The van der Waals surface area contributed by atoms with Gasteiger partial charge in [0.25, 0.3) is 0 Å². The van der Waals surface area contributed by atoms with Crippen LogP contribution >= 0.6 is 0 Å². The van der Waals surface area contributed by atoms with E-state index in [2.05, 4.69) is 37.4 Å². The molecule has 0 spiro atoms. The highest BCUT2D eigenvalue weighted by molar-refractivity contribution is 7.89. The topological polar surface area (TPSA) is 66.5 Å². The Morgan fingerprint density at radius 1 is 1.03 bits per heavy atom. The maximum Gasteiger partial charge on any atom is 0.243 e. The van der Waals surface area contributed by atoms with E-state index in [1.807, 2.05) is 20.8 Å². The zero-order valence-corrected chi connectivity index (χ0v) is 19.3. The molecule has 1 amide bonds. The number of sulfonamides is 1. The Balaban J connectivity index is 1.75. The Bertz CT molecular complexity index is 1000. The molecule has 1 unspecified atom stereocenters. The van der Waals surface area contributed by atoms with Crippen LogP contribution in [-0.2, 0) is 20.2 Å². The lowest BCUT2D eigenvalue weighted by Gasteiger charge is -2.22. The summed E-state index contributed by atoms with van der Waals surface area (Å²) >= 11 is 0. The van der Waals surface area contributed by atoms with Crippen LogP contribution in [-0.4, -0.2) is 31.7 Å². The predicted octanol–water partition coefficient (Wildman–Crippen LogP) is 4.24. The van der Waals surface area contributed by atoms with Gasteiger partial charge >= 0.3 is 0 Å². The van der Waals surface area contributed by atoms with Gasteiger partial charge in [0, 0.05) is 13.1 Å². The normalized spacial score (nSPS) is 16.3. The zero-order chi connectivity index (χ0) is 22.1. The fourth-order valence-corrected chi connectivity index (χ4v) is 5.54. The second-order valence-electron chi connectivity index (χ2n) is 8.31. The van der Waals surface area contributed by atoms with Crippen molar-refractivity contribution >= 4 is 15.9 Å². The van der Waals surface area contributed by atoms with Gasteiger partial charge in [-0.25, -0.2) is 8.42 Å². The number of aryl methyl sites for hydroxylation is 2. The summed E-state index contributed by atoms with van der Waals surface area (Å²) in [6.45, 7) is 10.6. The molecule has 1 N–H and O–H groups in total. The highest BCUT2D eigenvalue weighted by Gasteiger charge is 2.51. The summed E-state index contributed by atoms with van der Waals surface area (Å²) in [6.07, 6.45) is 1.71. The average Bonchev–Trinajstić information content (AvgIpc) is 3.50. The molecule has 30 heavy (non-hydrogen) atoms. The van der Waals surface area contributed by atoms with Crippen LogP contribution in [0.15, 0.2) is 47.4 Å². The largest absolute Gasteiger partial charge is 0.349 e. The molecule has 0 bridgehead atoms. The molecule has 6 heteroatoms. The monoisotopic (exact) mass is 428 g/mol. The Morgan fingerprint density at radius 2 is 1.57 bits per heavy atom. The highest BCUT2D eigenvalue weighted by Crippen LogP contribution is 2.49. The number of rotatable bonds is 8. The van der Waals surface area contributed by atoms with Crippen molar-refractivity contribution < 1.29 is 13.2 Å². The molecule has 162 valence electrons. The third-order valence-corrected chi connectivity index (χ3v) is 8.09. The van der Waals surface area contributed by atoms with Crippen molar-refractivity contribution in [2.24, 2.45) is 0 Å². The molecular formula is C24H32N2O3S. The smallest absolute Gasteiger partial charge is 0.243 e. The third kappa shape index (κ3) is 4.30. The van der Waals surface area contributed by atoms with Crippen LogP contribution in [0.1, 0.15) is 61.9 Å². The molecule has 0 saturated heterocycles. The summed E-state index contributed by atoms with van der Waals surface area (Å²) in [5.41, 5.74) is 3.88. The summed E-state index contributed by atoms with van der Waals surface area (Å²) in [5.74, 6) is 0.0415. The summed E-state index contributed by atoms with van der Waals surface area (Å²) in [6, 6.07) is 13.0. The van der Waals surface area contributed by atoms with Crippen molar-refractivity contribution in [1.29, 1.82) is 0 Å². The molecule has 0 heterocycles. The number of amides is 1. The minimum Gasteiger partial charge on any atom is -0.349 e. The molecule has 2 aromatic carbocycles. The lowest BCUT2D eigenvalue weighted by molar-refractivity contribution is -0.124. The maximum atomic E-state index is 13.1. The lowest BCUT2D eigenvalue weighted by atomic mass is 9.91. The highest BCUT2D eigenvalue weighted by atomic mass is 32.2. The molecule has 1 atom stereocenters. The number of carbonyl (C=O) groups excluding carboxylic acids is 1. The van der Waals surface area contributed by atoms with Gasteiger partial charge in [0.2, 0.25) is 15.9 Å². The fraction of sp³-hybridized carbons (Fsp3) is 0.458. The van der Waals surface area contributed by atoms with E-state index in [0.717, 1.165) is 24.0 Å². The summed E-state index contributed by atoms with van der Waals surface area (Å²) in [4.78, 5) is 13.4. The van der Waals surface area contributed by atoms with E-state index in [4.69, 9.17) is 0 Å². The third-order valence-electron chi connectivity index (χ3n) is 6.03. The number of carbonyl (C=O) groups is 1. The number of nitrogens with zero attached hydrogens (tertiary/aromatic N) is 1. The van der Waals surface area contributed by atoms with Crippen molar-refractivity contribution in [2.75, 3.05) is 13.1 Å². The van der Waals surface area contributed by atoms with E-state index in [1.54, 1.807) is 24.3 Å². The zero-order valence-electron chi connectivity index (χ0n) is 18.5. The summed E-state index contributed by atoms with van der Waals surface area (Å²) in [7, 11) is -3.48. The van der Waals surface area contributed by atoms with Crippen LogP contribution < -0.4 is 5.32 Å². The molecule has 1 aliphatic carbocycles. The minimum atomic E-state index is -3.48. The van der Waals surface area contributed by atoms with Crippen molar-refractivity contribution in [2.45, 2.75) is 63.8 Å². The molecule has 2 aromatic rings. The first-order valence-electron chi connectivity index (χ1n) is 10.6. The van der Waals surface area contributed by atoms with Crippen LogP contribution in [0.2, 0.25) is 0 Å². The molecule has 5 nitrogen and oxygen atoms in total. The van der Waals surface area contributed by atoms with E-state index >= 15 is 0 Å². The van der Waals surface area contributed by atoms with Crippen LogP contribution in [0.3, 0.4) is 0 Å². The summed E-state index contributed by atoms with van der Waals surface area (Å²) < 4.78 is 26.8. The lowest BCUT2D eigenvalue weighted by Crippen LogP contribution is -2.36. The summed E-state index contributed by atoms with van der Waals surface area (Å²) in [5, 5.41) is 3.14. The second-order valence-corrected chi connectivity index (χ2v) is 10.2. The van der Waals surface area contributed by atoms with Crippen LogP contribution in [0.4, 0.5) is 0 Å². The first-order valence-corrected chi connectivity index (χ1v) is 12.1.